The van der Waals surface area contributed by atoms with Gasteiger partial charge in [-0.2, -0.15) is 0 Å². The highest BCUT2D eigenvalue weighted by Crippen LogP contribution is 2.29. The van der Waals surface area contributed by atoms with Crippen molar-refractivity contribution in [2.75, 3.05) is 0 Å². The molecule has 0 radical (unpaired) electrons. The third-order valence-corrected chi connectivity index (χ3v) is 3.59. The smallest absolute Gasteiger partial charge is 0.120 e. The van der Waals surface area contributed by atoms with Crippen LogP contribution < -0.4 is 10.5 Å². The topological polar surface area (TPSA) is 48.1 Å². The van der Waals surface area contributed by atoms with Crippen molar-refractivity contribution in [2.45, 2.75) is 38.8 Å². The summed E-state index contributed by atoms with van der Waals surface area (Å²) in [6, 6.07) is 9.96. The minimum atomic E-state index is -0.210. The summed E-state index contributed by atoms with van der Waals surface area (Å²) in [5, 5.41) is 0. The van der Waals surface area contributed by atoms with E-state index in [0.717, 1.165) is 41.0 Å². The standard InChI is InChI=1S/C17H20N2O/c1-11-8-12(2)17(19-10-11)16(18)13-4-3-5-15(9-13)20-14-6-7-14/h3-5,8-10,14,16H,6-7,18H2,1-2H3. The monoisotopic (exact) mass is 268 g/mol. The first-order valence-corrected chi connectivity index (χ1v) is 7.09. The van der Waals surface area contributed by atoms with Crippen molar-refractivity contribution in [1.29, 1.82) is 0 Å². The molecule has 1 atom stereocenters. The van der Waals surface area contributed by atoms with E-state index < -0.39 is 0 Å². The number of nitrogens with two attached hydrogens (primary N) is 1. The summed E-state index contributed by atoms with van der Waals surface area (Å²) in [7, 11) is 0. The molecule has 3 nitrogen and oxygen atoms in total. The largest absolute Gasteiger partial charge is 0.490 e. The Morgan fingerprint density at radius 1 is 1.25 bits per heavy atom. The highest BCUT2D eigenvalue weighted by Gasteiger charge is 2.23. The lowest BCUT2D eigenvalue weighted by Gasteiger charge is -2.15. The summed E-state index contributed by atoms with van der Waals surface area (Å²) < 4.78 is 5.83. The van der Waals surface area contributed by atoms with Crippen LogP contribution >= 0.6 is 0 Å². The average molecular weight is 268 g/mol. The van der Waals surface area contributed by atoms with Crippen LogP contribution in [0.4, 0.5) is 0 Å². The van der Waals surface area contributed by atoms with Crippen LogP contribution in [0.3, 0.4) is 0 Å². The van der Waals surface area contributed by atoms with E-state index in [-0.39, 0.29) is 6.04 Å². The van der Waals surface area contributed by atoms with E-state index >= 15 is 0 Å². The van der Waals surface area contributed by atoms with Gasteiger partial charge in [-0.3, -0.25) is 4.98 Å². The molecule has 0 saturated heterocycles. The van der Waals surface area contributed by atoms with Crippen LogP contribution in [-0.2, 0) is 0 Å². The molecule has 20 heavy (non-hydrogen) atoms. The lowest BCUT2D eigenvalue weighted by atomic mass is 10.00. The molecule has 3 heteroatoms. The molecule has 1 fully saturated rings. The van der Waals surface area contributed by atoms with Crippen molar-refractivity contribution in [3.8, 4) is 5.75 Å². The normalized spacial score (nSPS) is 15.9. The summed E-state index contributed by atoms with van der Waals surface area (Å²) in [5.41, 5.74) is 10.6. The molecule has 0 amide bonds. The van der Waals surface area contributed by atoms with Gasteiger partial charge in [-0.1, -0.05) is 18.2 Å². The van der Waals surface area contributed by atoms with Crippen molar-refractivity contribution in [3.63, 3.8) is 0 Å². The van der Waals surface area contributed by atoms with Crippen LogP contribution in [0.5, 0.6) is 5.75 Å². The Hall–Kier alpha value is -1.87. The molecule has 1 aliphatic carbocycles. The van der Waals surface area contributed by atoms with Crippen molar-refractivity contribution in [1.82, 2.24) is 4.98 Å². The Morgan fingerprint density at radius 2 is 2.05 bits per heavy atom. The summed E-state index contributed by atoms with van der Waals surface area (Å²) in [5.74, 6) is 0.908. The molecule has 1 aromatic carbocycles. The minimum Gasteiger partial charge on any atom is -0.490 e. The predicted octanol–water partition coefficient (Wildman–Crippen LogP) is 3.29. The fourth-order valence-electron chi connectivity index (χ4n) is 2.37. The van der Waals surface area contributed by atoms with Crippen LogP contribution in [-0.4, -0.2) is 11.1 Å². The molecule has 1 unspecified atom stereocenters. The summed E-state index contributed by atoms with van der Waals surface area (Å²) in [6.45, 7) is 4.10. The van der Waals surface area contributed by atoms with E-state index in [1.807, 2.05) is 37.4 Å². The number of aromatic nitrogens is 1. The van der Waals surface area contributed by atoms with Gasteiger partial charge >= 0.3 is 0 Å². The fourth-order valence-corrected chi connectivity index (χ4v) is 2.37. The first-order chi connectivity index (χ1) is 9.63. The first kappa shape index (κ1) is 13.1. The molecule has 1 aromatic heterocycles. The molecule has 1 saturated carbocycles. The molecule has 2 N–H and O–H groups in total. The van der Waals surface area contributed by atoms with Gasteiger partial charge in [0.05, 0.1) is 17.8 Å². The minimum absolute atomic E-state index is 0.210. The van der Waals surface area contributed by atoms with Gasteiger partial charge in [-0.05, 0) is 55.5 Å². The van der Waals surface area contributed by atoms with Crippen LogP contribution in [0.2, 0.25) is 0 Å². The van der Waals surface area contributed by atoms with Gasteiger partial charge in [-0.25, -0.2) is 0 Å². The lowest BCUT2D eigenvalue weighted by Crippen LogP contribution is -2.15. The maximum Gasteiger partial charge on any atom is 0.120 e. The molecular formula is C17H20N2O. The number of benzene rings is 1. The second kappa shape index (κ2) is 5.25. The van der Waals surface area contributed by atoms with Crippen LogP contribution in [0.1, 0.15) is 41.3 Å². The van der Waals surface area contributed by atoms with Gasteiger partial charge < -0.3 is 10.5 Å². The zero-order valence-corrected chi connectivity index (χ0v) is 12.0. The van der Waals surface area contributed by atoms with E-state index in [9.17, 15) is 0 Å². The number of aryl methyl sites for hydroxylation is 2. The first-order valence-electron chi connectivity index (χ1n) is 7.09. The quantitative estimate of drug-likeness (QED) is 0.925. The van der Waals surface area contributed by atoms with E-state index in [1.165, 1.54) is 0 Å². The van der Waals surface area contributed by atoms with Crippen molar-refractivity contribution in [2.24, 2.45) is 5.73 Å². The van der Waals surface area contributed by atoms with E-state index in [2.05, 4.69) is 18.0 Å². The summed E-state index contributed by atoms with van der Waals surface area (Å²) in [4.78, 5) is 4.49. The summed E-state index contributed by atoms with van der Waals surface area (Å²) in [6.07, 6.45) is 4.59. The van der Waals surface area contributed by atoms with Gasteiger partial charge in [-0.15, -0.1) is 0 Å². The van der Waals surface area contributed by atoms with E-state index in [4.69, 9.17) is 10.5 Å². The Bertz CT molecular complexity index is 620. The Kier molecular flexibility index (Phi) is 3.45. The van der Waals surface area contributed by atoms with E-state index in [1.54, 1.807) is 0 Å². The van der Waals surface area contributed by atoms with Crippen molar-refractivity contribution >= 4 is 0 Å². The third-order valence-electron chi connectivity index (χ3n) is 3.59. The number of ether oxygens (including phenoxy) is 1. The van der Waals surface area contributed by atoms with Crippen LogP contribution in [0.15, 0.2) is 36.5 Å². The van der Waals surface area contributed by atoms with Crippen molar-refractivity contribution in [3.05, 3.63) is 58.9 Å². The SMILES string of the molecule is Cc1cnc(C(N)c2cccc(OC3CC3)c2)c(C)c1. The summed E-state index contributed by atoms with van der Waals surface area (Å²) >= 11 is 0. The number of hydrogen-bond donors (Lipinski definition) is 1. The maximum absolute atomic E-state index is 6.36. The molecule has 1 heterocycles. The van der Waals surface area contributed by atoms with Crippen molar-refractivity contribution < 1.29 is 4.74 Å². The lowest BCUT2D eigenvalue weighted by molar-refractivity contribution is 0.303. The van der Waals surface area contributed by atoms with Gasteiger partial charge in [0.1, 0.15) is 5.75 Å². The second-order valence-corrected chi connectivity index (χ2v) is 5.58. The zero-order valence-electron chi connectivity index (χ0n) is 12.0. The number of rotatable bonds is 4. The second-order valence-electron chi connectivity index (χ2n) is 5.58. The number of pyridine rings is 1. The van der Waals surface area contributed by atoms with Crippen LogP contribution in [0.25, 0.3) is 0 Å². The van der Waals surface area contributed by atoms with Gasteiger partial charge in [0, 0.05) is 6.20 Å². The van der Waals surface area contributed by atoms with Gasteiger partial charge in [0.2, 0.25) is 0 Å². The predicted molar refractivity (Wildman–Crippen MR) is 79.8 cm³/mol. The Balaban J connectivity index is 1.86. The zero-order chi connectivity index (χ0) is 14.1. The molecule has 0 aliphatic heterocycles. The molecule has 104 valence electrons. The highest BCUT2D eigenvalue weighted by atomic mass is 16.5. The van der Waals surface area contributed by atoms with E-state index in [0.29, 0.717) is 6.10 Å². The molecule has 0 spiro atoms. The molecule has 3 rings (SSSR count). The number of nitrogens with zero attached hydrogens (tertiary/aromatic N) is 1. The Labute approximate surface area is 119 Å². The Morgan fingerprint density at radius 3 is 2.75 bits per heavy atom. The van der Waals surface area contributed by atoms with Gasteiger partial charge in [0.25, 0.3) is 0 Å². The molecule has 0 bridgehead atoms. The maximum atomic E-state index is 6.36. The average Bonchev–Trinajstić information content (AvgIpc) is 3.22. The van der Waals surface area contributed by atoms with Gasteiger partial charge in [0.15, 0.2) is 0 Å². The van der Waals surface area contributed by atoms with Crippen LogP contribution in [0, 0.1) is 13.8 Å². The molecule has 2 aromatic rings. The third kappa shape index (κ3) is 2.83. The molecule has 1 aliphatic rings. The molecular weight excluding hydrogens is 248 g/mol. The highest BCUT2D eigenvalue weighted by molar-refractivity contribution is 5.37. The fraction of sp³-hybridized carbons (Fsp3) is 0.353. The number of hydrogen-bond acceptors (Lipinski definition) is 3.